The highest BCUT2D eigenvalue weighted by Gasteiger charge is 2.29. The number of hydrogen-bond donors (Lipinski definition) is 1. The van der Waals surface area contributed by atoms with Gasteiger partial charge in [0.2, 0.25) is 0 Å². The Morgan fingerprint density at radius 1 is 1.57 bits per heavy atom. The van der Waals surface area contributed by atoms with Crippen LogP contribution in [0.4, 0.5) is 4.79 Å². The fourth-order valence-corrected chi connectivity index (χ4v) is 3.38. The fraction of sp³-hybridized carbons (Fsp3) is 0.438. The van der Waals surface area contributed by atoms with Crippen LogP contribution in [0.1, 0.15) is 30.8 Å². The van der Waals surface area contributed by atoms with Gasteiger partial charge in [0.15, 0.2) is 0 Å². The van der Waals surface area contributed by atoms with Crippen LogP contribution in [0.3, 0.4) is 0 Å². The van der Waals surface area contributed by atoms with Crippen molar-refractivity contribution in [2.45, 2.75) is 31.9 Å². The Bertz CT molecular complexity index is 620. The van der Waals surface area contributed by atoms with E-state index in [1.807, 2.05) is 24.4 Å². The topological polar surface area (TPSA) is 67.4 Å². The molecule has 0 radical (unpaired) electrons. The van der Waals surface area contributed by atoms with Crippen molar-refractivity contribution in [1.82, 2.24) is 20.2 Å². The van der Waals surface area contributed by atoms with Crippen LogP contribution in [-0.4, -0.2) is 40.1 Å². The lowest BCUT2D eigenvalue weighted by Crippen LogP contribution is -2.41. The summed E-state index contributed by atoms with van der Waals surface area (Å²) in [7, 11) is 0. The molecule has 1 fully saturated rings. The van der Waals surface area contributed by atoms with E-state index < -0.39 is 0 Å². The molecule has 2 atom stereocenters. The molecule has 0 aliphatic carbocycles. The van der Waals surface area contributed by atoms with Crippen molar-refractivity contribution in [1.29, 1.82) is 0 Å². The van der Waals surface area contributed by atoms with Gasteiger partial charge < -0.3 is 15.0 Å². The molecule has 3 rings (SSSR count). The van der Waals surface area contributed by atoms with Crippen molar-refractivity contribution in [2.75, 3.05) is 13.1 Å². The first-order chi connectivity index (χ1) is 11.3. The van der Waals surface area contributed by atoms with Gasteiger partial charge in [-0.3, -0.25) is 4.98 Å². The first-order valence-corrected chi connectivity index (χ1v) is 8.65. The second kappa shape index (κ2) is 7.41. The van der Waals surface area contributed by atoms with Crippen molar-refractivity contribution in [3.63, 3.8) is 0 Å². The van der Waals surface area contributed by atoms with Crippen molar-refractivity contribution in [2.24, 2.45) is 0 Å². The number of carbonyl (C=O) groups excluding carboxylic acids is 1. The van der Waals surface area contributed by atoms with Gasteiger partial charge in [0.25, 0.3) is 0 Å². The maximum absolute atomic E-state index is 12.4. The third-order valence-corrected chi connectivity index (χ3v) is 4.71. The standard InChI is InChI=1S/C16H20N4O2S/c1-2-14(15-18-7-9-23-15)19-16(21)20-8-5-13(11-20)22-12-4-3-6-17-10-12/h3-4,6-7,9-10,13-14H,2,5,8,11H2,1H3,(H,19,21)/t13-,14+/m1/s1. The minimum Gasteiger partial charge on any atom is -0.487 e. The van der Waals surface area contributed by atoms with Gasteiger partial charge in [-0.15, -0.1) is 11.3 Å². The van der Waals surface area contributed by atoms with Gasteiger partial charge >= 0.3 is 6.03 Å². The largest absolute Gasteiger partial charge is 0.487 e. The first-order valence-electron chi connectivity index (χ1n) is 7.77. The number of urea groups is 1. The Balaban J connectivity index is 1.53. The Morgan fingerprint density at radius 3 is 3.17 bits per heavy atom. The van der Waals surface area contributed by atoms with Crippen LogP contribution in [0.15, 0.2) is 36.1 Å². The van der Waals surface area contributed by atoms with Crippen molar-refractivity contribution < 1.29 is 9.53 Å². The van der Waals surface area contributed by atoms with Gasteiger partial charge in [0, 0.05) is 30.7 Å². The second-order valence-corrected chi connectivity index (χ2v) is 6.37. The summed E-state index contributed by atoms with van der Waals surface area (Å²) < 4.78 is 5.86. The van der Waals surface area contributed by atoms with Crippen LogP contribution < -0.4 is 10.1 Å². The monoisotopic (exact) mass is 332 g/mol. The molecule has 0 aromatic carbocycles. The van der Waals surface area contributed by atoms with Gasteiger partial charge in [0.05, 0.1) is 18.8 Å². The average Bonchev–Trinajstić information content (AvgIpc) is 3.25. The summed E-state index contributed by atoms with van der Waals surface area (Å²) in [5.41, 5.74) is 0. The van der Waals surface area contributed by atoms with Gasteiger partial charge in [-0.1, -0.05) is 6.92 Å². The van der Waals surface area contributed by atoms with Gasteiger partial charge in [-0.2, -0.15) is 0 Å². The lowest BCUT2D eigenvalue weighted by molar-refractivity contribution is 0.184. The molecule has 2 amide bonds. The van der Waals surface area contributed by atoms with Crippen molar-refractivity contribution >= 4 is 17.4 Å². The third-order valence-electron chi connectivity index (χ3n) is 3.82. The summed E-state index contributed by atoms with van der Waals surface area (Å²) in [6, 6.07) is 3.64. The molecule has 3 heterocycles. The fourth-order valence-electron chi connectivity index (χ4n) is 2.60. The minimum absolute atomic E-state index is 0.0184. The molecule has 6 nitrogen and oxygen atoms in total. The van der Waals surface area contributed by atoms with Crippen LogP contribution >= 0.6 is 11.3 Å². The zero-order valence-corrected chi connectivity index (χ0v) is 13.8. The predicted molar refractivity (Wildman–Crippen MR) is 88.5 cm³/mol. The quantitative estimate of drug-likeness (QED) is 0.914. The number of nitrogens with zero attached hydrogens (tertiary/aromatic N) is 3. The Labute approximate surface area is 139 Å². The third kappa shape index (κ3) is 3.98. The van der Waals surface area contributed by atoms with E-state index >= 15 is 0 Å². The van der Waals surface area contributed by atoms with Crippen molar-refractivity contribution in [3.05, 3.63) is 41.1 Å². The van der Waals surface area contributed by atoms with E-state index in [1.165, 1.54) is 0 Å². The highest BCUT2D eigenvalue weighted by atomic mass is 32.1. The molecule has 122 valence electrons. The maximum Gasteiger partial charge on any atom is 0.318 e. The van der Waals surface area contributed by atoms with Crippen LogP contribution in [0.2, 0.25) is 0 Å². The van der Waals surface area contributed by atoms with Crippen LogP contribution in [0.5, 0.6) is 5.75 Å². The van der Waals surface area contributed by atoms with Gasteiger partial charge in [0.1, 0.15) is 16.9 Å². The first kappa shape index (κ1) is 15.7. The summed E-state index contributed by atoms with van der Waals surface area (Å²) >= 11 is 1.57. The Kier molecular flexibility index (Phi) is 5.07. The molecule has 1 N–H and O–H groups in total. The summed E-state index contributed by atoms with van der Waals surface area (Å²) in [4.78, 5) is 22.6. The number of rotatable bonds is 5. The van der Waals surface area contributed by atoms with E-state index in [1.54, 1.807) is 34.8 Å². The van der Waals surface area contributed by atoms with Crippen molar-refractivity contribution in [3.8, 4) is 5.75 Å². The van der Waals surface area contributed by atoms with Crippen LogP contribution in [0, 0.1) is 0 Å². The number of aromatic nitrogens is 2. The number of thiazole rings is 1. The van der Waals surface area contributed by atoms with E-state index in [-0.39, 0.29) is 18.2 Å². The normalized spacial score (nSPS) is 18.7. The summed E-state index contributed by atoms with van der Waals surface area (Å²) in [6.45, 7) is 3.34. The molecule has 0 unspecified atom stereocenters. The van der Waals surface area contributed by atoms with Crippen LogP contribution in [-0.2, 0) is 0 Å². The van der Waals surface area contributed by atoms with E-state index in [0.29, 0.717) is 13.1 Å². The lowest BCUT2D eigenvalue weighted by Gasteiger charge is -2.21. The molecule has 1 aliphatic heterocycles. The van der Waals surface area contributed by atoms with E-state index in [4.69, 9.17) is 4.74 Å². The number of hydrogen-bond acceptors (Lipinski definition) is 5. The van der Waals surface area contributed by atoms with Gasteiger partial charge in [-0.05, 0) is 18.6 Å². The predicted octanol–water partition coefficient (Wildman–Crippen LogP) is 2.85. The van der Waals surface area contributed by atoms with E-state index in [2.05, 4.69) is 15.3 Å². The lowest BCUT2D eigenvalue weighted by atomic mass is 10.2. The molecular weight excluding hydrogens is 312 g/mol. The molecule has 1 aliphatic rings. The molecule has 0 bridgehead atoms. The molecule has 7 heteroatoms. The molecular formula is C16H20N4O2S. The van der Waals surface area contributed by atoms with Crippen LogP contribution in [0.25, 0.3) is 0 Å². The Hall–Kier alpha value is -2.15. The number of ether oxygens (including phenoxy) is 1. The molecule has 0 saturated carbocycles. The second-order valence-electron chi connectivity index (χ2n) is 5.44. The number of amides is 2. The molecule has 1 saturated heterocycles. The highest BCUT2D eigenvalue weighted by Crippen LogP contribution is 2.21. The SMILES string of the molecule is CC[C@H](NC(=O)N1CC[C@@H](Oc2cccnc2)C1)c1nccs1. The highest BCUT2D eigenvalue weighted by molar-refractivity contribution is 7.09. The number of pyridine rings is 1. The molecule has 0 spiro atoms. The molecule has 23 heavy (non-hydrogen) atoms. The maximum atomic E-state index is 12.4. The Morgan fingerprint density at radius 2 is 2.48 bits per heavy atom. The average molecular weight is 332 g/mol. The zero-order chi connectivity index (χ0) is 16.1. The number of carbonyl (C=O) groups is 1. The van der Waals surface area contributed by atoms with E-state index in [0.717, 1.165) is 23.6 Å². The number of nitrogens with one attached hydrogen (secondary N) is 1. The summed E-state index contributed by atoms with van der Waals surface area (Å²) in [5.74, 6) is 0.744. The molecule has 2 aromatic rings. The molecule has 2 aromatic heterocycles. The summed E-state index contributed by atoms with van der Waals surface area (Å²) in [6.07, 6.45) is 6.84. The number of likely N-dealkylation sites (tertiary alicyclic amines) is 1. The summed E-state index contributed by atoms with van der Waals surface area (Å²) in [5, 5.41) is 5.94. The zero-order valence-electron chi connectivity index (χ0n) is 13.0. The minimum atomic E-state index is -0.0515. The van der Waals surface area contributed by atoms with Gasteiger partial charge in [-0.25, -0.2) is 9.78 Å². The van der Waals surface area contributed by atoms with E-state index in [9.17, 15) is 4.79 Å². The smallest absolute Gasteiger partial charge is 0.318 e.